The lowest BCUT2D eigenvalue weighted by atomic mass is 9.95. The summed E-state index contributed by atoms with van der Waals surface area (Å²) in [7, 11) is 3.12. The maximum Gasteiger partial charge on any atom is 0.423 e. The number of nitrogens with one attached hydrogen (secondary N) is 1. The Hall–Kier alpha value is -1.25. The second-order valence-electron chi connectivity index (χ2n) is 6.78. The maximum atomic E-state index is 14.1. The van der Waals surface area contributed by atoms with Crippen molar-refractivity contribution in [2.24, 2.45) is 0 Å². The van der Waals surface area contributed by atoms with Crippen molar-refractivity contribution in [3.63, 3.8) is 0 Å². The summed E-state index contributed by atoms with van der Waals surface area (Å²) in [4.78, 5) is 5.59. The Balaban J connectivity index is 2.52. The van der Waals surface area contributed by atoms with Gasteiger partial charge in [-0.25, -0.2) is 0 Å². The van der Waals surface area contributed by atoms with Gasteiger partial charge in [-0.3, -0.25) is 10.2 Å². The molecule has 2 unspecified atom stereocenters. The monoisotopic (exact) mass is 437 g/mol. The Labute approximate surface area is 173 Å². The van der Waals surface area contributed by atoms with E-state index >= 15 is 0 Å². The molecule has 0 radical (unpaired) electrons. The summed E-state index contributed by atoms with van der Waals surface area (Å²) < 4.78 is 44.3. The Morgan fingerprint density at radius 1 is 1.14 bits per heavy atom. The van der Waals surface area contributed by atoms with E-state index in [1.54, 1.807) is 14.0 Å². The van der Waals surface area contributed by atoms with Crippen LogP contribution >= 0.6 is 23.2 Å². The van der Waals surface area contributed by atoms with Crippen LogP contribution in [0.3, 0.4) is 0 Å². The highest BCUT2D eigenvalue weighted by atomic mass is 35.5. The molecule has 0 aliphatic heterocycles. The number of aryl methyl sites for hydroxylation is 1. The van der Waals surface area contributed by atoms with Crippen LogP contribution in [0.1, 0.15) is 32.0 Å². The molecule has 2 aromatic rings. The molecule has 4 nitrogen and oxygen atoms in total. The first kappa shape index (κ1) is 23.0. The number of hydrogen-bond donors (Lipinski definition) is 1. The zero-order valence-corrected chi connectivity index (χ0v) is 17.9. The molecule has 2 rings (SSSR count). The minimum absolute atomic E-state index is 0.0977. The quantitative estimate of drug-likeness (QED) is 0.454. The minimum atomic E-state index is -4.73. The Kier molecular flexibility index (Phi) is 6.78. The number of halogens is 5. The van der Waals surface area contributed by atoms with E-state index in [4.69, 9.17) is 28.0 Å². The summed E-state index contributed by atoms with van der Waals surface area (Å²) in [5.74, 6) is 0. The van der Waals surface area contributed by atoms with Crippen LogP contribution in [0, 0.1) is 0 Å². The topological polar surface area (TPSA) is 29.4 Å². The molecule has 0 bridgehead atoms. The predicted octanol–water partition coefficient (Wildman–Crippen LogP) is 5.55. The summed E-state index contributed by atoms with van der Waals surface area (Å²) in [6.07, 6.45) is -2.87. The van der Waals surface area contributed by atoms with Gasteiger partial charge in [0.25, 0.3) is 0 Å². The first-order valence-corrected chi connectivity index (χ1v) is 9.45. The van der Waals surface area contributed by atoms with Crippen molar-refractivity contribution < 1.29 is 18.0 Å². The van der Waals surface area contributed by atoms with Crippen LogP contribution in [0.25, 0.3) is 0 Å². The van der Waals surface area contributed by atoms with Gasteiger partial charge in [0.05, 0.1) is 5.69 Å². The third kappa shape index (κ3) is 4.19. The van der Waals surface area contributed by atoms with Gasteiger partial charge in [0, 0.05) is 29.8 Å². The Morgan fingerprint density at radius 2 is 1.71 bits per heavy atom. The molecule has 0 saturated carbocycles. The normalized spacial score (nSPS) is 16.8. The molecule has 9 heteroatoms. The zero-order valence-electron chi connectivity index (χ0n) is 16.4. The zero-order chi connectivity index (χ0) is 21.3. The highest BCUT2D eigenvalue weighted by molar-refractivity contribution is 6.34. The van der Waals surface area contributed by atoms with Gasteiger partial charge in [0.15, 0.2) is 0 Å². The molecule has 2 atom stereocenters. The van der Waals surface area contributed by atoms with Crippen LogP contribution in [0.4, 0.5) is 13.2 Å². The van der Waals surface area contributed by atoms with Crippen molar-refractivity contribution in [2.45, 2.75) is 44.8 Å². The number of alkyl halides is 3. The molecule has 0 aliphatic carbocycles. The molecule has 156 valence electrons. The molecule has 1 N–H and O–H groups in total. The number of nitrogens with zero attached hydrogens (tertiary/aromatic N) is 2. The third-order valence-corrected chi connectivity index (χ3v) is 5.50. The van der Waals surface area contributed by atoms with Gasteiger partial charge in [-0.05, 0) is 63.7 Å². The van der Waals surface area contributed by atoms with E-state index in [1.165, 1.54) is 30.3 Å². The van der Waals surface area contributed by atoms with Gasteiger partial charge in [-0.15, -0.1) is 0 Å². The van der Waals surface area contributed by atoms with Gasteiger partial charge in [0.2, 0.25) is 5.60 Å². The lowest BCUT2D eigenvalue weighted by Crippen LogP contribution is -2.57. The van der Waals surface area contributed by atoms with E-state index in [-0.39, 0.29) is 15.6 Å². The number of hydroxylamine groups is 2. The van der Waals surface area contributed by atoms with Crippen LogP contribution in [0.2, 0.25) is 10.0 Å². The largest absolute Gasteiger partial charge is 0.423 e. The van der Waals surface area contributed by atoms with Crippen molar-refractivity contribution in [3.05, 3.63) is 57.8 Å². The molecule has 1 aromatic carbocycles. The highest BCUT2D eigenvalue weighted by Gasteiger charge is 2.56. The summed E-state index contributed by atoms with van der Waals surface area (Å²) in [6, 6.07) is 7.46. The third-order valence-electron chi connectivity index (χ3n) is 5.06. The summed E-state index contributed by atoms with van der Waals surface area (Å²) >= 11 is 11.9. The standard InChI is InChI=1S/C19H24Cl2F3N3O/c1-6-27-9-7-8-16(27)18(3,25-4)26(5)28-17(2,19(22,23)24)13-10-14(20)12-15(21)11-13/h7-12,25H,6H2,1-5H3. The number of aromatic nitrogens is 1. The fraction of sp³-hybridized carbons (Fsp3) is 0.474. The average Bonchev–Trinajstić information content (AvgIpc) is 3.08. The first-order chi connectivity index (χ1) is 12.9. The number of hydrogen-bond acceptors (Lipinski definition) is 3. The summed E-state index contributed by atoms with van der Waals surface area (Å²) in [6.45, 7) is 5.32. The summed E-state index contributed by atoms with van der Waals surface area (Å²) in [5.41, 5.74) is -3.13. The molecule has 0 saturated heterocycles. The van der Waals surface area contributed by atoms with Crippen LogP contribution in [-0.4, -0.2) is 29.9 Å². The number of rotatable bonds is 7. The summed E-state index contributed by atoms with van der Waals surface area (Å²) in [5, 5.41) is 4.44. The van der Waals surface area contributed by atoms with Crippen molar-refractivity contribution in [1.82, 2.24) is 14.9 Å². The van der Waals surface area contributed by atoms with Crippen molar-refractivity contribution in [2.75, 3.05) is 14.1 Å². The fourth-order valence-corrected chi connectivity index (χ4v) is 3.57. The van der Waals surface area contributed by atoms with E-state index in [1.807, 2.05) is 29.8 Å². The van der Waals surface area contributed by atoms with E-state index in [9.17, 15) is 13.2 Å². The predicted molar refractivity (Wildman–Crippen MR) is 105 cm³/mol. The van der Waals surface area contributed by atoms with Gasteiger partial charge in [-0.1, -0.05) is 23.2 Å². The minimum Gasteiger partial charge on any atom is -0.349 e. The van der Waals surface area contributed by atoms with E-state index in [0.717, 1.165) is 12.6 Å². The molecule has 1 heterocycles. The molecule has 28 heavy (non-hydrogen) atoms. The maximum absolute atomic E-state index is 14.1. The van der Waals surface area contributed by atoms with Gasteiger partial charge >= 0.3 is 6.18 Å². The molecule has 0 fully saturated rings. The van der Waals surface area contributed by atoms with E-state index in [0.29, 0.717) is 6.54 Å². The van der Waals surface area contributed by atoms with Crippen molar-refractivity contribution in [3.8, 4) is 0 Å². The average molecular weight is 438 g/mol. The van der Waals surface area contributed by atoms with Crippen LogP contribution < -0.4 is 5.32 Å². The highest BCUT2D eigenvalue weighted by Crippen LogP contribution is 2.45. The molecule has 0 amide bonds. The molecular weight excluding hydrogens is 414 g/mol. The molecule has 0 aliphatic rings. The smallest absolute Gasteiger partial charge is 0.349 e. The fourth-order valence-electron chi connectivity index (χ4n) is 3.04. The Bertz CT molecular complexity index is 807. The van der Waals surface area contributed by atoms with Crippen LogP contribution in [0.15, 0.2) is 36.5 Å². The lowest BCUT2D eigenvalue weighted by molar-refractivity contribution is -0.372. The molecule has 1 aromatic heterocycles. The Morgan fingerprint density at radius 3 is 2.18 bits per heavy atom. The van der Waals surface area contributed by atoms with Gasteiger partial charge in [-0.2, -0.15) is 18.2 Å². The molecule has 0 spiro atoms. The first-order valence-electron chi connectivity index (χ1n) is 8.69. The van der Waals surface area contributed by atoms with E-state index < -0.39 is 17.4 Å². The lowest BCUT2D eigenvalue weighted by Gasteiger charge is -2.44. The number of benzene rings is 1. The van der Waals surface area contributed by atoms with Gasteiger partial charge in [0.1, 0.15) is 5.66 Å². The SMILES string of the molecule is CCn1cccc1C(C)(NC)N(C)OC(C)(c1cc(Cl)cc(Cl)c1)C(F)(F)F. The van der Waals surface area contributed by atoms with Gasteiger partial charge < -0.3 is 4.57 Å². The van der Waals surface area contributed by atoms with Crippen LogP contribution in [-0.2, 0) is 22.6 Å². The second kappa shape index (κ2) is 8.24. The molecular formula is C19H24Cl2F3N3O. The van der Waals surface area contributed by atoms with Crippen LogP contribution in [0.5, 0.6) is 0 Å². The van der Waals surface area contributed by atoms with Crippen molar-refractivity contribution in [1.29, 1.82) is 0 Å². The second-order valence-corrected chi connectivity index (χ2v) is 7.65. The van der Waals surface area contributed by atoms with E-state index in [2.05, 4.69) is 5.32 Å². The van der Waals surface area contributed by atoms with Crippen molar-refractivity contribution >= 4 is 23.2 Å².